The van der Waals surface area contributed by atoms with Crippen molar-refractivity contribution in [1.29, 1.82) is 0 Å². The number of ether oxygens (including phenoxy) is 1. The van der Waals surface area contributed by atoms with Crippen molar-refractivity contribution in [3.8, 4) is 5.75 Å². The van der Waals surface area contributed by atoms with Crippen LogP contribution in [0.4, 0.5) is 0 Å². The molecule has 3 aromatic rings. The average Bonchev–Trinajstić information content (AvgIpc) is 3.17. The predicted octanol–water partition coefficient (Wildman–Crippen LogP) is 5.75. The number of carbonyl (C=O) groups excluding carboxylic acids is 1. The van der Waals surface area contributed by atoms with Crippen LogP contribution in [-0.2, 0) is 35.3 Å². The first kappa shape index (κ1) is 26.5. The van der Waals surface area contributed by atoms with Gasteiger partial charge in [0.1, 0.15) is 17.9 Å². The third-order valence-corrected chi connectivity index (χ3v) is 7.22. The SMILES string of the molecule is Cc1ccccc1CCN(CC(=O)O)C(=O)Cc1ccc2c(c1)C[C@](C)(Cc1ccc(C(C)C)cc1)O2. The maximum absolute atomic E-state index is 13.1. The number of fused-ring (bicyclic) bond motifs is 1. The van der Waals surface area contributed by atoms with Crippen LogP contribution in [0.5, 0.6) is 5.75 Å². The van der Waals surface area contributed by atoms with Crippen LogP contribution < -0.4 is 4.74 Å². The van der Waals surface area contributed by atoms with E-state index in [1.165, 1.54) is 16.0 Å². The molecule has 0 aromatic heterocycles. The summed E-state index contributed by atoms with van der Waals surface area (Å²) in [4.78, 5) is 26.0. The second-order valence-corrected chi connectivity index (χ2v) is 10.8. The Morgan fingerprint density at radius 1 is 1.03 bits per heavy atom. The third kappa shape index (κ3) is 6.79. The molecule has 37 heavy (non-hydrogen) atoms. The summed E-state index contributed by atoms with van der Waals surface area (Å²) in [6.45, 7) is 8.62. The standard InChI is InChI=1S/C32H37NO4/c1-22(2)26-12-9-24(10-13-26)19-32(4)20-28-17-25(11-14-29(28)37-32)18-30(34)33(21-31(35)36)16-15-27-8-6-5-7-23(27)3/h5-14,17,22H,15-16,18-21H2,1-4H3,(H,35,36)/t32-/m0/s1. The molecule has 194 valence electrons. The monoisotopic (exact) mass is 499 g/mol. The summed E-state index contributed by atoms with van der Waals surface area (Å²) in [7, 11) is 0. The number of carboxylic acids is 1. The van der Waals surface area contributed by atoms with E-state index in [-0.39, 0.29) is 24.5 Å². The minimum atomic E-state index is -1.00. The van der Waals surface area contributed by atoms with Crippen LogP contribution in [0.25, 0.3) is 0 Å². The van der Waals surface area contributed by atoms with Crippen molar-refractivity contribution in [3.63, 3.8) is 0 Å². The van der Waals surface area contributed by atoms with Gasteiger partial charge in [-0.1, -0.05) is 74.5 Å². The van der Waals surface area contributed by atoms with Crippen LogP contribution in [0.1, 0.15) is 60.1 Å². The molecule has 1 heterocycles. The van der Waals surface area contributed by atoms with Gasteiger partial charge in [-0.05, 0) is 65.6 Å². The quantitative estimate of drug-likeness (QED) is 0.386. The molecular weight excluding hydrogens is 462 g/mol. The Hall–Kier alpha value is -3.60. The first-order valence-corrected chi connectivity index (χ1v) is 13.1. The topological polar surface area (TPSA) is 66.8 Å². The Bertz CT molecular complexity index is 1260. The molecule has 1 amide bonds. The molecule has 0 spiro atoms. The van der Waals surface area contributed by atoms with Gasteiger partial charge in [-0.2, -0.15) is 0 Å². The summed E-state index contributed by atoms with van der Waals surface area (Å²) in [6.07, 6.45) is 2.37. The second kappa shape index (κ2) is 11.2. The number of aryl methyl sites for hydroxylation is 1. The summed E-state index contributed by atoms with van der Waals surface area (Å²) >= 11 is 0. The molecule has 1 atom stereocenters. The molecule has 4 rings (SSSR count). The lowest BCUT2D eigenvalue weighted by molar-refractivity contribution is -0.144. The number of rotatable bonds is 10. The van der Waals surface area contributed by atoms with Crippen LogP contribution in [0.3, 0.4) is 0 Å². The smallest absolute Gasteiger partial charge is 0.323 e. The largest absolute Gasteiger partial charge is 0.487 e. The highest BCUT2D eigenvalue weighted by Gasteiger charge is 2.35. The Labute approximate surface area is 220 Å². The van der Waals surface area contributed by atoms with Crippen molar-refractivity contribution >= 4 is 11.9 Å². The fraction of sp³-hybridized carbons (Fsp3) is 0.375. The second-order valence-electron chi connectivity index (χ2n) is 10.8. The minimum Gasteiger partial charge on any atom is -0.487 e. The van der Waals surface area contributed by atoms with Crippen molar-refractivity contribution in [3.05, 3.63) is 100 Å². The van der Waals surface area contributed by atoms with Crippen molar-refractivity contribution < 1.29 is 19.4 Å². The van der Waals surface area contributed by atoms with Gasteiger partial charge in [0, 0.05) is 19.4 Å². The van der Waals surface area contributed by atoms with Crippen molar-refractivity contribution in [2.75, 3.05) is 13.1 Å². The van der Waals surface area contributed by atoms with Gasteiger partial charge in [-0.3, -0.25) is 9.59 Å². The first-order valence-electron chi connectivity index (χ1n) is 13.1. The highest BCUT2D eigenvalue weighted by molar-refractivity contribution is 5.83. The number of hydrogen-bond acceptors (Lipinski definition) is 3. The van der Waals surface area contributed by atoms with Crippen LogP contribution in [0, 0.1) is 6.92 Å². The van der Waals surface area contributed by atoms with Crippen molar-refractivity contribution in [2.45, 2.75) is 64.9 Å². The molecule has 5 nitrogen and oxygen atoms in total. The van der Waals surface area contributed by atoms with Gasteiger partial charge in [0.05, 0.1) is 6.42 Å². The van der Waals surface area contributed by atoms with E-state index in [4.69, 9.17) is 4.74 Å². The van der Waals surface area contributed by atoms with Crippen LogP contribution in [0.15, 0.2) is 66.7 Å². The van der Waals surface area contributed by atoms with Gasteiger partial charge in [-0.25, -0.2) is 0 Å². The van der Waals surface area contributed by atoms with Gasteiger partial charge in [0.2, 0.25) is 5.91 Å². The summed E-state index contributed by atoms with van der Waals surface area (Å²) in [5, 5.41) is 9.39. The van der Waals surface area contributed by atoms with Crippen LogP contribution >= 0.6 is 0 Å². The molecule has 0 saturated heterocycles. The highest BCUT2D eigenvalue weighted by Crippen LogP contribution is 2.37. The number of aliphatic carboxylic acids is 1. The van der Waals surface area contributed by atoms with E-state index in [1.54, 1.807) is 0 Å². The highest BCUT2D eigenvalue weighted by atomic mass is 16.5. The van der Waals surface area contributed by atoms with Crippen molar-refractivity contribution in [1.82, 2.24) is 4.90 Å². The number of carboxylic acid groups (broad SMARTS) is 1. The van der Waals surface area contributed by atoms with E-state index in [9.17, 15) is 14.7 Å². The van der Waals surface area contributed by atoms with Crippen LogP contribution in [0.2, 0.25) is 0 Å². The fourth-order valence-corrected chi connectivity index (χ4v) is 5.12. The van der Waals surface area contributed by atoms with E-state index in [0.29, 0.717) is 18.9 Å². The normalized spacial score (nSPS) is 16.4. The molecular formula is C32H37NO4. The van der Waals surface area contributed by atoms with Crippen molar-refractivity contribution in [2.24, 2.45) is 0 Å². The molecule has 3 aromatic carbocycles. The number of hydrogen-bond donors (Lipinski definition) is 1. The lowest BCUT2D eigenvalue weighted by atomic mass is 9.90. The number of benzene rings is 3. The minimum absolute atomic E-state index is 0.168. The van der Waals surface area contributed by atoms with E-state index < -0.39 is 5.97 Å². The molecule has 0 aliphatic carbocycles. The molecule has 0 bridgehead atoms. The van der Waals surface area contributed by atoms with E-state index in [0.717, 1.165) is 40.8 Å². The Balaban J connectivity index is 1.41. The lowest BCUT2D eigenvalue weighted by Crippen LogP contribution is -2.38. The number of nitrogens with zero attached hydrogens (tertiary/aromatic N) is 1. The van der Waals surface area contributed by atoms with E-state index >= 15 is 0 Å². The Morgan fingerprint density at radius 2 is 1.73 bits per heavy atom. The van der Waals surface area contributed by atoms with Gasteiger partial charge in [-0.15, -0.1) is 0 Å². The first-order chi connectivity index (χ1) is 17.6. The molecule has 1 aliphatic rings. The Morgan fingerprint density at radius 3 is 2.41 bits per heavy atom. The van der Waals surface area contributed by atoms with E-state index in [1.807, 2.05) is 49.4 Å². The zero-order valence-electron chi connectivity index (χ0n) is 22.3. The molecule has 0 unspecified atom stereocenters. The van der Waals surface area contributed by atoms with Gasteiger partial charge in [0.15, 0.2) is 0 Å². The fourth-order valence-electron chi connectivity index (χ4n) is 5.12. The summed E-state index contributed by atoms with van der Waals surface area (Å²) in [6, 6.07) is 22.6. The molecule has 0 fully saturated rings. The molecule has 1 aliphatic heterocycles. The molecule has 0 saturated carbocycles. The summed E-state index contributed by atoms with van der Waals surface area (Å²) < 4.78 is 6.36. The summed E-state index contributed by atoms with van der Waals surface area (Å²) in [5.41, 5.74) is 6.47. The lowest BCUT2D eigenvalue weighted by Gasteiger charge is -2.24. The maximum atomic E-state index is 13.1. The average molecular weight is 500 g/mol. The number of amides is 1. The third-order valence-electron chi connectivity index (χ3n) is 7.22. The molecule has 1 N–H and O–H groups in total. The number of carbonyl (C=O) groups is 2. The summed E-state index contributed by atoms with van der Waals surface area (Å²) in [5.74, 6) is 0.187. The van der Waals surface area contributed by atoms with E-state index in [2.05, 4.69) is 45.0 Å². The zero-order valence-corrected chi connectivity index (χ0v) is 22.3. The zero-order chi connectivity index (χ0) is 26.6. The molecule has 0 radical (unpaired) electrons. The van der Waals surface area contributed by atoms with Gasteiger partial charge >= 0.3 is 5.97 Å². The maximum Gasteiger partial charge on any atom is 0.323 e. The Kier molecular flexibility index (Phi) is 8.01. The van der Waals surface area contributed by atoms with Crippen LogP contribution in [-0.4, -0.2) is 40.6 Å². The predicted molar refractivity (Wildman–Crippen MR) is 146 cm³/mol. The van der Waals surface area contributed by atoms with Gasteiger partial charge < -0.3 is 14.7 Å². The van der Waals surface area contributed by atoms with Gasteiger partial charge in [0.25, 0.3) is 0 Å². The molecule has 5 heteroatoms.